The van der Waals surface area contributed by atoms with E-state index in [0.717, 1.165) is 89.7 Å². The Balaban J connectivity index is 1.24. The molecule has 238 valence electrons. The third kappa shape index (κ3) is 3.82. The van der Waals surface area contributed by atoms with E-state index in [1.54, 1.807) is 0 Å². The molecule has 5 N–H and O–H groups in total. The van der Waals surface area contributed by atoms with Crippen LogP contribution in [0.15, 0.2) is 47.1 Å². The van der Waals surface area contributed by atoms with Gasteiger partial charge in [-0.1, -0.05) is 12.1 Å². The van der Waals surface area contributed by atoms with Crippen LogP contribution in [0.5, 0.6) is 0 Å². The third-order valence-corrected chi connectivity index (χ3v) is 11.7. The molecule has 3 heterocycles. The van der Waals surface area contributed by atoms with E-state index in [2.05, 4.69) is 47.9 Å². The number of anilines is 3. The van der Waals surface area contributed by atoms with Crippen LogP contribution < -0.4 is 26.9 Å². The number of aryl methyl sites for hydroxylation is 4. The van der Waals surface area contributed by atoms with Crippen LogP contribution in [0.3, 0.4) is 0 Å². The van der Waals surface area contributed by atoms with Crippen molar-refractivity contribution in [3.8, 4) is 0 Å². The minimum atomic E-state index is -0.493. The quantitative estimate of drug-likeness (QED) is 0.236. The minimum Gasteiger partial charge on any atom is -0.506 e. The molecule has 0 unspecified atom stereocenters. The second kappa shape index (κ2) is 9.58. The van der Waals surface area contributed by atoms with Gasteiger partial charge in [-0.2, -0.15) is 0 Å². The fraction of sp³-hybridized carbons (Fsp3) is 0.385. The van der Waals surface area contributed by atoms with Gasteiger partial charge in [0.25, 0.3) is 0 Å². The van der Waals surface area contributed by atoms with E-state index in [-0.39, 0.29) is 17.1 Å². The van der Waals surface area contributed by atoms with Gasteiger partial charge in [0.2, 0.25) is 5.78 Å². The molecule has 0 bridgehead atoms. The molecule has 0 saturated carbocycles. The smallest absolute Gasteiger partial charge is 0.201 e. The zero-order valence-electron chi connectivity index (χ0n) is 26.6. The molecule has 0 radical (unpaired) electrons. The molecule has 47 heavy (non-hydrogen) atoms. The lowest BCUT2D eigenvalue weighted by Gasteiger charge is -2.38. The summed E-state index contributed by atoms with van der Waals surface area (Å²) in [4.78, 5) is 20.0. The van der Waals surface area contributed by atoms with Gasteiger partial charge in [-0.15, -0.1) is 0 Å². The average molecular weight is 627 g/mol. The lowest BCUT2D eigenvalue weighted by Crippen LogP contribution is -2.49. The molecule has 0 atom stereocenters. The maximum absolute atomic E-state index is 14.6. The number of nitrogens with zero attached hydrogens (tertiary/aromatic N) is 1. The first-order valence-corrected chi connectivity index (χ1v) is 17.1. The maximum atomic E-state index is 14.6. The Morgan fingerprint density at radius 3 is 2.17 bits per heavy atom. The lowest BCUT2D eigenvalue weighted by molar-refractivity contribution is -0.109. The number of benzene rings is 4. The van der Waals surface area contributed by atoms with E-state index in [1.165, 1.54) is 33.0 Å². The first kappa shape index (κ1) is 27.7. The number of ether oxygens (including phenoxy) is 2. The number of hydrogen-bond acceptors (Lipinski definition) is 8. The van der Waals surface area contributed by atoms with Crippen molar-refractivity contribution in [1.29, 1.82) is 0 Å². The number of Topliss-reactive ketones (excluding diaryl/α,β-unsaturated/α-hetero) is 1. The summed E-state index contributed by atoms with van der Waals surface area (Å²) in [5.41, 5.74) is 15.0. The maximum Gasteiger partial charge on any atom is 0.201 e. The molecule has 10 rings (SSSR count). The van der Waals surface area contributed by atoms with Crippen molar-refractivity contribution in [2.75, 3.05) is 42.8 Å². The van der Waals surface area contributed by atoms with Crippen molar-refractivity contribution in [3.63, 3.8) is 0 Å². The Morgan fingerprint density at radius 2 is 1.45 bits per heavy atom. The lowest BCUT2D eigenvalue weighted by atomic mass is 9.79. The van der Waals surface area contributed by atoms with Gasteiger partial charge in [-0.3, -0.25) is 9.79 Å². The summed E-state index contributed by atoms with van der Waals surface area (Å²) in [6, 6.07) is 12.8. The van der Waals surface area contributed by atoms with Gasteiger partial charge in [0.1, 0.15) is 11.4 Å². The van der Waals surface area contributed by atoms with Crippen molar-refractivity contribution >= 4 is 55.5 Å². The highest BCUT2D eigenvalue weighted by molar-refractivity contribution is 6.52. The second-order valence-corrected chi connectivity index (χ2v) is 14.6. The topological polar surface area (TPSA) is 118 Å². The van der Waals surface area contributed by atoms with Crippen molar-refractivity contribution in [2.45, 2.75) is 69.5 Å². The van der Waals surface area contributed by atoms with Crippen LogP contribution in [0.25, 0.3) is 32.7 Å². The number of aliphatic hydroxyl groups excluding tert-OH is 1. The molecule has 3 aliphatic carbocycles. The Labute approximate surface area is 272 Å². The molecule has 0 amide bonds. The van der Waals surface area contributed by atoms with Crippen LogP contribution in [-0.2, 0) is 40.0 Å². The van der Waals surface area contributed by atoms with Gasteiger partial charge in [0.15, 0.2) is 0 Å². The first-order valence-electron chi connectivity index (χ1n) is 17.1. The summed E-state index contributed by atoms with van der Waals surface area (Å²) in [5.74, 6) is -0.0991. The number of carbonyl (C=O) groups excluding carboxylic acids is 1. The van der Waals surface area contributed by atoms with Crippen molar-refractivity contribution < 1.29 is 19.4 Å². The molecule has 4 aromatic carbocycles. The number of carbonyl (C=O) groups is 1. The summed E-state index contributed by atoms with van der Waals surface area (Å²) < 4.78 is 11.4. The van der Waals surface area contributed by atoms with Crippen molar-refractivity contribution in [2.24, 2.45) is 4.99 Å². The van der Waals surface area contributed by atoms with Crippen LogP contribution in [0.1, 0.15) is 60.4 Å². The van der Waals surface area contributed by atoms with Crippen LogP contribution in [0.4, 0.5) is 17.1 Å². The number of nitrogens with one attached hydrogen (secondary N) is 2. The molecule has 1 spiro atoms. The third-order valence-electron chi connectivity index (χ3n) is 11.7. The first-order chi connectivity index (χ1) is 22.8. The second-order valence-electron chi connectivity index (χ2n) is 14.6. The molecule has 4 aromatic rings. The van der Waals surface area contributed by atoms with Crippen LogP contribution in [-0.4, -0.2) is 48.5 Å². The molecule has 8 nitrogen and oxygen atoms in total. The molecule has 6 aliphatic rings. The standard InChI is InChI=1S/C39H38N4O4/c1-38(10-14-46-15-11-38)42-34-24(18-22-4-2-20-6-8-26(40)32(34)28(20)22)30-36(44)31(37(30)45)25-19-23-5-3-21-7-9-27-33(29(21)23)35(25)43-39(41-27)12-16-47-17-13-39/h6-9,18-19,41-42,44H,2-5,10-17,40H2,1H3. The van der Waals surface area contributed by atoms with E-state index < -0.39 is 5.66 Å². The number of ketones is 1. The Bertz CT molecular complexity index is 2270. The fourth-order valence-electron chi connectivity index (χ4n) is 9.14. The monoisotopic (exact) mass is 626 g/mol. The van der Waals surface area contributed by atoms with Gasteiger partial charge >= 0.3 is 0 Å². The van der Waals surface area contributed by atoms with E-state index in [4.69, 9.17) is 20.2 Å². The van der Waals surface area contributed by atoms with Gasteiger partial charge in [0, 0.05) is 64.5 Å². The van der Waals surface area contributed by atoms with Gasteiger partial charge in [-0.05, 0) is 103 Å². The largest absolute Gasteiger partial charge is 0.506 e. The Kier molecular flexibility index (Phi) is 5.64. The highest BCUT2D eigenvalue weighted by Gasteiger charge is 2.41. The van der Waals surface area contributed by atoms with E-state index >= 15 is 0 Å². The average Bonchev–Trinajstić information content (AvgIpc) is 3.68. The highest BCUT2D eigenvalue weighted by Crippen LogP contribution is 2.48. The van der Waals surface area contributed by atoms with Crippen LogP contribution >= 0.6 is 0 Å². The minimum absolute atomic E-state index is 0.0442. The van der Waals surface area contributed by atoms with E-state index in [0.29, 0.717) is 43.3 Å². The predicted molar refractivity (Wildman–Crippen MR) is 184 cm³/mol. The Hall–Kier alpha value is -4.40. The van der Waals surface area contributed by atoms with E-state index in [9.17, 15) is 9.90 Å². The Morgan fingerprint density at radius 1 is 0.809 bits per heavy atom. The molecule has 3 aliphatic heterocycles. The summed E-state index contributed by atoms with van der Waals surface area (Å²) in [7, 11) is 0. The predicted octanol–water partition coefficient (Wildman–Crippen LogP) is 5.01. The summed E-state index contributed by atoms with van der Waals surface area (Å²) in [6.07, 6.45) is 6.85. The summed E-state index contributed by atoms with van der Waals surface area (Å²) in [6.45, 7) is 4.80. The molecule has 2 saturated heterocycles. The number of rotatable bonds is 3. The zero-order valence-corrected chi connectivity index (χ0v) is 26.6. The number of hydrogen-bond donors (Lipinski definition) is 4. The molecule has 2 fully saturated rings. The van der Waals surface area contributed by atoms with Gasteiger partial charge < -0.3 is 30.9 Å². The number of allylic oxidation sites excluding steroid dienone is 2. The normalized spacial score (nSPS) is 22.9. The van der Waals surface area contributed by atoms with Crippen molar-refractivity contribution in [1.82, 2.24) is 0 Å². The number of nitrogen functional groups attached to an aromatic ring is 1. The van der Waals surface area contributed by atoms with Crippen LogP contribution in [0.2, 0.25) is 0 Å². The van der Waals surface area contributed by atoms with Gasteiger partial charge in [0.05, 0.1) is 35.4 Å². The summed E-state index contributed by atoms with van der Waals surface area (Å²) in [5, 5.41) is 25.7. The molecule has 0 aromatic heterocycles. The van der Waals surface area contributed by atoms with Crippen molar-refractivity contribution in [3.05, 3.63) is 80.6 Å². The highest BCUT2D eigenvalue weighted by atomic mass is 16.5. The number of aliphatic hydroxyl groups is 1. The zero-order chi connectivity index (χ0) is 31.7. The molecular weight excluding hydrogens is 588 g/mol. The van der Waals surface area contributed by atoms with E-state index in [1.807, 2.05) is 6.07 Å². The number of nitrogens with two attached hydrogens (primary N) is 1. The SMILES string of the molecule is CC1(Nc2c(C3=C(O)C(=c4cc5c6c(ccc7c6c4=NC4(CCOCC4)N7)CC5)C3=O)cc3c4c(ccc(N)c24)CC3)CCOCC1. The van der Waals surface area contributed by atoms with Gasteiger partial charge in [-0.25, -0.2) is 0 Å². The summed E-state index contributed by atoms with van der Waals surface area (Å²) >= 11 is 0. The molecule has 8 heteroatoms. The molecular formula is C39H38N4O4. The van der Waals surface area contributed by atoms with Crippen LogP contribution in [0, 0.1) is 0 Å². The fourth-order valence-corrected chi connectivity index (χ4v) is 9.14.